The van der Waals surface area contributed by atoms with Crippen molar-refractivity contribution in [2.24, 2.45) is 11.8 Å². The first-order valence-corrected chi connectivity index (χ1v) is 6.84. The fourth-order valence-electron chi connectivity index (χ4n) is 2.16. The van der Waals surface area contributed by atoms with Crippen molar-refractivity contribution in [3.8, 4) is 0 Å². The van der Waals surface area contributed by atoms with E-state index < -0.39 is 11.6 Å². The van der Waals surface area contributed by atoms with Gasteiger partial charge in [-0.15, -0.1) is 0 Å². The number of halogens is 2. The van der Waals surface area contributed by atoms with Crippen molar-refractivity contribution in [2.75, 3.05) is 11.5 Å². The lowest BCUT2D eigenvalue weighted by molar-refractivity contribution is 0.381. The van der Waals surface area contributed by atoms with Gasteiger partial charge in [0.1, 0.15) is 11.6 Å². The normalized spacial score (nSPS) is 21.7. The van der Waals surface area contributed by atoms with Crippen LogP contribution in [0.1, 0.15) is 12.0 Å². The van der Waals surface area contributed by atoms with E-state index in [2.05, 4.69) is 5.43 Å². The topological polar surface area (TPSA) is 38.0 Å². The first-order valence-electron chi connectivity index (χ1n) is 5.68. The molecule has 2 unspecified atom stereocenters. The first-order chi connectivity index (χ1) is 8.20. The summed E-state index contributed by atoms with van der Waals surface area (Å²) in [5, 5.41) is 0. The van der Waals surface area contributed by atoms with Crippen molar-refractivity contribution in [1.82, 2.24) is 5.43 Å². The number of hydrogen-bond donors (Lipinski definition) is 2. The SMILES string of the molecule is NNC(Cc1ccc(F)cc1F)C1CCSC1. The van der Waals surface area contributed by atoms with Crippen LogP contribution in [0.3, 0.4) is 0 Å². The van der Waals surface area contributed by atoms with E-state index in [1.165, 1.54) is 12.1 Å². The molecule has 0 bridgehead atoms. The fourth-order valence-corrected chi connectivity index (χ4v) is 3.49. The third kappa shape index (κ3) is 3.18. The molecule has 0 amide bonds. The Morgan fingerprint density at radius 1 is 1.47 bits per heavy atom. The van der Waals surface area contributed by atoms with Gasteiger partial charge in [0.15, 0.2) is 0 Å². The van der Waals surface area contributed by atoms with Crippen LogP contribution in [0.15, 0.2) is 18.2 Å². The molecule has 3 N–H and O–H groups in total. The van der Waals surface area contributed by atoms with Crippen LogP contribution in [0.25, 0.3) is 0 Å². The molecule has 0 aromatic heterocycles. The van der Waals surface area contributed by atoms with Gasteiger partial charge >= 0.3 is 0 Å². The van der Waals surface area contributed by atoms with Gasteiger partial charge in [-0.3, -0.25) is 11.3 Å². The smallest absolute Gasteiger partial charge is 0.129 e. The van der Waals surface area contributed by atoms with E-state index in [4.69, 9.17) is 5.84 Å². The number of hydrazine groups is 1. The van der Waals surface area contributed by atoms with Gasteiger partial charge in [-0.25, -0.2) is 8.78 Å². The van der Waals surface area contributed by atoms with Crippen molar-refractivity contribution in [3.63, 3.8) is 0 Å². The average molecular weight is 258 g/mol. The Bertz CT molecular complexity index is 381. The van der Waals surface area contributed by atoms with Gasteiger partial charge in [0.25, 0.3) is 0 Å². The molecule has 94 valence electrons. The van der Waals surface area contributed by atoms with Gasteiger partial charge in [0.2, 0.25) is 0 Å². The van der Waals surface area contributed by atoms with E-state index in [9.17, 15) is 8.78 Å². The van der Waals surface area contributed by atoms with Crippen LogP contribution >= 0.6 is 11.8 Å². The van der Waals surface area contributed by atoms with Crippen molar-refractivity contribution in [1.29, 1.82) is 0 Å². The first kappa shape index (κ1) is 12.8. The molecule has 1 aromatic rings. The number of rotatable bonds is 4. The molecule has 1 aliphatic rings. The lowest BCUT2D eigenvalue weighted by Gasteiger charge is -2.22. The minimum absolute atomic E-state index is 0.0601. The van der Waals surface area contributed by atoms with Gasteiger partial charge in [-0.2, -0.15) is 11.8 Å². The molecule has 2 rings (SSSR count). The maximum atomic E-state index is 13.5. The average Bonchev–Trinajstić information content (AvgIpc) is 2.81. The molecule has 0 radical (unpaired) electrons. The van der Waals surface area contributed by atoms with E-state index in [0.717, 1.165) is 24.0 Å². The Kier molecular flexibility index (Phi) is 4.36. The molecule has 2 nitrogen and oxygen atoms in total. The van der Waals surface area contributed by atoms with E-state index in [1.54, 1.807) is 0 Å². The van der Waals surface area contributed by atoms with Crippen LogP contribution in [-0.4, -0.2) is 17.5 Å². The second-order valence-electron chi connectivity index (χ2n) is 4.34. The van der Waals surface area contributed by atoms with E-state index in [1.807, 2.05) is 11.8 Å². The molecular weight excluding hydrogens is 242 g/mol. The van der Waals surface area contributed by atoms with Crippen LogP contribution in [0.4, 0.5) is 8.78 Å². The zero-order valence-electron chi connectivity index (χ0n) is 9.46. The molecule has 2 atom stereocenters. The third-order valence-electron chi connectivity index (χ3n) is 3.20. The maximum absolute atomic E-state index is 13.5. The van der Waals surface area contributed by atoms with E-state index in [0.29, 0.717) is 17.9 Å². The highest BCUT2D eigenvalue weighted by atomic mass is 32.2. The number of thioether (sulfide) groups is 1. The van der Waals surface area contributed by atoms with Gasteiger partial charge in [0.05, 0.1) is 0 Å². The maximum Gasteiger partial charge on any atom is 0.129 e. The van der Waals surface area contributed by atoms with E-state index in [-0.39, 0.29) is 6.04 Å². The Morgan fingerprint density at radius 2 is 2.29 bits per heavy atom. The summed E-state index contributed by atoms with van der Waals surface area (Å²) in [7, 11) is 0. The van der Waals surface area contributed by atoms with Crippen molar-refractivity contribution < 1.29 is 8.78 Å². The monoisotopic (exact) mass is 258 g/mol. The molecule has 0 aliphatic carbocycles. The molecule has 5 heteroatoms. The van der Waals surface area contributed by atoms with Gasteiger partial charge < -0.3 is 0 Å². The Labute approximate surface area is 104 Å². The van der Waals surface area contributed by atoms with Crippen LogP contribution in [0.5, 0.6) is 0 Å². The molecular formula is C12H16F2N2S. The summed E-state index contributed by atoms with van der Waals surface area (Å²) in [5.41, 5.74) is 3.28. The predicted molar refractivity (Wildman–Crippen MR) is 66.6 cm³/mol. The molecule has 1 aromatic carbocycles. The second kappa shape index (κ2) is 5.80. The molecule has 1 saturated heterocycles. The molecule has 1 fully saturated rings. The Hall–Kier alpha value is -0.650. The highest BCUT2D eigenvalue weighted by Crippen LogP contribution is 2.28. The van der Waals surface area contributed by atoms with Crippen LogP contribution < -0.4 is 11.3 Å². The standard InChI is InChI=1S/C12H16F2N2S/c13-10-2-1-8(11(14)6-10)5-12(16-15)9-3-4-17-7-9/h1-2,6,9,12,16H,3-5,7,15H2. The highest BCUT2D eigenvalue weighted by molar-refractivity contribution is 7.99. The summed E-state index contributed by atoms with van der Waals surface area (Å²) in [6.45, 7) is 0. The van der Waals surface area contributed by atoms with Gasteiger partial charge in [-0.05, 0) is 41.9 Å². The molecule has 1 aliphatic heterocycles. The largest absolute Gasteiger partial charge is 0.271 e. The summed E-state index contributed by atoms with van der Waals surface area (Å²) in [6.07, 6.45) is 1.61. The molecule has 0 saturated carbocycles. The number of nitrogens with two attached hydrogens (primary N) is 1. The van der Waals surface area contributed by atoms with Crippen LogP contribution in [0, 0.1) is 17.6 Å². The van der Waals surface area contributed by atoms with Crippen molar-refractivity contribution in [3.05, 3.63) is 35.4 Å². The molecule has 1 heterocycles. The van der Waals surface area contributed by atoms with Gasteiger partial charge in [-0.1, -0.05) is 6.07 Å². The highest BCUT2D eigenvalue weighted by Gasteiger charge is 2.25. The summed E-state index contributed by atoms with van der Waals surface area (Å²) < 4.78 is 26.3. The Balaban J connectivity index is 2.06. The zero-order valence-corrected chi connectivity index (χ0v) is 10.3. The second-order valence-corrected chi connectivity index (χ2v) is 5.49. The predicted octanol–water partition coefficient (Wildman–Crippen LogP) is 2.09. The summed E-state index contributed by atoms with van der Waals surface area (Å²) in [6, 6.07) is 3.77. The Morgan fingerprint density at radius 3 is 2.88 bits per heavy atom. The lowest BCUT2D eigenvalue weighted by atomic mass is 9.93. The minimum atomic E-state index is -0.542. The van der Waals surface area contributed by atoms with E-state index >= 15 is 0 Å². The van der Waals surface area contributed by atoms with Crippen molar-refractivity contribution >= 4 is 11.8 Å². The fraction of sp³-hybridized carbons (Fsp3) is 0.500. The molecule has 0 spiro atoms. The number of nitrogens with one attached hydrogen (secondary N) is 1. The number of benzene rings is 1. The summed E-state index contributed by atoms with van der Waals surface area (Å²) >= 11 is 1.89. The number of hydrogen-bond acceptors (Lipinski definition) is 3. The third-order valence-corrected chi connectivity index (χ3v) is 4.39. The van der Waals surface area contributed by atoms with Crippen LogP contribution in [0.2, 0.25) is 0 Å². The summed E-state index contributed by atoms with van der Waals surface area (Å²) in [4.78, 5) is 0. The van der Waals surface area contributed by atoms with Gasteiger partial charge in [0, 0.05) is 12.1 Å². The minimum Gasteiger partial charge on any atom is -0.271 e. The quantitative estimate of drug-likeness (QED) is 0.641. The molecule has 17 heavy (non-hydrogen) atoms. The lowest BCUT2D eigenvalue weighted by Crippen LogP contribution is -2.42. The van der Waals surface area contributed by atoms with Crippen molar-refractivity contribution in [2.45, 2.75) is 18.9 Å². The van der Waals surface area contributed by atoms with Crippen LogP contribution in [-0.2, 0) is 6.42 Å². The summed E-state index contributed by atoms with van der Waals surface area (Å²) in [5.74, 6) is 7.15. The zero-order chi connectivity index (χ0) is 12.3.